The van der Waals surface area contributed by atoms with Gasteiger partial charge in [0, 0.05) is 12.2 Å². The van der Waals surface area contributed by atoms with Crippen LogP contribution in [0.4, 0.5) is 5.13 Å². The number of carbonyl (C=O) groups excluding carboxylic acids is 1. The number of anilines is 1. The minimum atomic E-state index is -3.49. The lowest BCUT2D eigenvalue weighted by atomic mass is 10.1. The fourth-order valence-electron chi connectivity index (χ4n) is 3.20. The second kappa shape index (κ2) is 8.66. The van der Waals surface area contributed by atoms with Crippen LogP contribution in [0.3, 0.4) is 0 Å². The molecule has 3 heterocycles. The average molecular weight is 457 g/mol. The molecule has 0 bridgehead atoms. The van der Waals surface area contributed by atoms with Crippen LogP contribution in [0.15, 0.2) is 47.4 Å². The van der Waals surface area contributed by atoms with Gasteiger partial charge in [-0.15, -0.1) is 0 Å². The maximum absolute atomic E-state index is 12.6. The van der Waals surface area contributed by atoms with Crippen molar-refractivity contribution in [3.8, 4) is 0 Å². The van der Waals surface area contributed by atoms with Crippen molar-refractivity contribution in [2.24, 2.45) is 0 Å². The Kier molecular flexibility index (Phi) is 5.94. The molecule has 0 spiro atoms. The van der Waals surface area contributed by atoms with Gasteiger partial charge in [-0.1, -0.05) is 29.5 Å². The minimum Gasteiger partial charge on any atom is -0.380 e. The highest BCUT2D eigenvalue weighted by atomic mass is 32.2. The summed E-state index contributed by atoms with van der Waals surface area (Å²) >= 11 is 1.22. The second-order valence-electron chi connectivity index (χ2n) is 6.96. The fourth-order valence-corrected chi connectivity index (χ4v) is 5.62. The molecule has 0 unspecified atom stereocenters. The molecule has 160 valence electrons. The fraction of sp³-hybridized carbons (Fsp3) is 0.238. The van der Waals surface area contributed by atoms with Gasteiger partial charge in [-0.3, -0.25) is 15.5 Å². The molecule has 1 aliphatic heterocycles. The number of nitrogens with one attached hydrogen (secondary N) is 2. The molecule has 3 aromatic rings. The molecule has 31 heavy (non-hydrogen) atoms. The van der Waals surface area contributed by atoms with Crippen LogP contribution in [0.25, 0.3) is 16.4 Å². The summed E-state index contributed by atoms with van der Waals surface area (Å²) in [5.41, 5.74) is 1.48. The van der Waals surface area contributed by atoms with Gasteiger partial charge >= 0.3 is 0 Å². The predicted octanol–water partition coefficient (Wildman–Crippen LogP) is 3.29. The number of thiazole rings is 1. The smallest absolute Gasteiger partial charge is 0.275 e. The Labute approximate surface area is 183 Å². The number of nitrogens with zero attached hydrogens (tertiary/aromatic N) is 2. The number of fused-ring (bicyclic) bond motifs is 1. The van der Waals surface area contributed by atoms with Gasteiger partial charge in [-0.25, -0.2) is 18.4 Å². The Morgan fingerprint density at radius 2 is 2.00 bits per heavy atom. The van der Waals surface area contributed by atoms with Crippen LogP contribution in [0.5, 0.6) is 0 Å². The van der Waals surface area contributed by atoms with Crippen molar-refractivity contribution >= 4 is 54.3 Å². The first-order chi connectivity index (χ1) is 14.9. The molecule has 4 rings (SSSR count). The normalized spacial score (nSPS) is 16.7. The van der Waals surface area contributed by atoms with Gasteiger partial charge in [-0.05, 0) is 43.7 Å². The maximum Gasteiger partial charge on any atom is 0.275 e. The number of hydrogen-bond acceptors (Lipinski definition) is 8. The van der Waals surface area contributed by atoms with Crippen LogP contribution in [0, 0.1) is 5.41 Å². The van der Waals surface area contributed by atoms with E-state index in [1.165, 1.54) is 35.6 Å². The van der Waals surface area contributed by atoms with Crippen LogP contribution in [-0.2, 0) is 19.4 Å². The Morgan fingerprint density at radius 3 is 2.68 bits per heavy atom. The SMILES string of the molecule is C/C=C\c1ccc2nc(NC(=O)C(=N)c3ccc(S(=O)(=O)[C@H]4CCOC4)cc3)sc2n1. The number of benzene rings is 1. The summed E-state index contributed by atoms with van der Waals surface area (Å²) in [6.07, 6.45) is 4.23. The molecule has 8 nitrogen and oxygen atoms in total. The molecule has 1 aliphatic rings. The molecule has 1 saturated heterocycles. The Morgan fingerprint density at radius 1 is 1.23 bits per heavy atom. The molecule has 0 saturated carbocycles. The van der Waals surface area contributed by atoms with Gasteiger partial charge < -0.3 is 4.74 Å². The summed E-state index contributed by atoms with van der Waals surface area (Å²) in [6, 6.07) is 9.44. The highest BCUT2D eigenvalue weighted by Crippen LogP contribution is 2.25. The van der Waals surface area contributed by atoms with E-state index >= 15 is 0 Å². The first kappa shape index (κ1) is 21.3. The van der Waals surface area contributed by atoms with E-state index in [1.54, 1.807) is 0 Å². The van der Waals surface area contributed by atoms with E-state index in [0.717, 1.165) is 5.69 Å². The average Bonchev–Trinajstić information content (AvgIpc) is 3.43. The van der Waals surface area contributed by atoms with Gasteiger partial charge in [0.05, 0.1) is 22.4 Å². The largest absolute Gasteiger partial charge is 0.380 e. The van der Waals surface area contributed by atoms with Crippen LogP contribution < -0.4 is 5.32 Å². The van der Waals surface area contributed by atoms with E-state index in [2.05, 4.69) is 15.3 Å². The van der Waals surface area contributed by atoms with Crippen LogP contribution in [-0.4, -0.2) is 48.5 Å². The Balaban J connectivity index is 1.48. The van der Waals surface area contributed by atoms with Crippen molar-refractivity contribution in [2.75, 3.05) is 18.5 Å². The van der Waals surface area contributed by atoms with Gasteiger partial charge in [0.25, 0.3) is 5.91 Å². The van der Waals surface area contributed by atoms with Crippen molar-refractivity contribution in [3.05, 3.63) is 53.7 Å². The zero-order valence-electron chi connectivity index (χ0n) is 16.7. The number of allylic oxidation sites excluding steroid dienone is 1. The van der Waals surface area contributed by atoms with Gasteiger partial charge in [0.15, 0.2) is 15.0 Å². The third kappa shape index (κ3) is 4.41. The minimum absolute atomic E-state index is 0.161. The quantitative estimate of drug-likeness (QED) is 0.549. The lowest BCUT2D eigenvalue weighted by Crippen LogP contribution is -2.23. The highest BCUT2D eigenvalue weighted by Gasteiger charge is 2.31. The number of hydrogen-bond donors (Lipinski definition) is 2. The molecule has 1 atom stereocenters. The zero-order valence-corrected chi connectivity index (χ0v) is 18.3. The second-order valence-corrected chi connectivity index (χ2v) is 10.2. The standard InChI is InChI=1S/C21H20N4O4S2/c1-2-3-14-6-9-17-20(23-14)30-21(24-17)25-19(26)18(22)13-4-7-15(8-5-13)31(27,28)16-10-11-29-12-16/h2-9,16,22H,10-12H2,1H3,(H,24,25,26)/b3-2-,22-18?/t16-/m0/s1. The molecule has 1 amide bonds. The lowest BCUT2D eigenvalue weighted by molar-refractivity contribution is -0.110. The molecule has 0 radical (unpaired) electrons. The first-order valence-corrected chi connectivity index (χ1v) is 12.0. The third-order valence-corrected chi connectivity index (χ3v) is 7.92. The highest BCUT2D eigenvalue weighted by molar-refractivity contribution is 7.92. The summed E-state index contributed by atoms with van der Waals surface area (Å²) in [6.45, 7) is 2.53. The summed E-state index contributed by atoms with van der Waals surface area (Å²) in [7, 11) is -3.49. The zero-order chi connectivity index (χ0) is 22.0. The predicted molar refractivity (Wildman–Crippen MR) is 120 cm³/mol. The summed E-state index contributed by atoms with van der Waals surface area (Å²) in [5, 5.41) is 10.6. The van der Waals surface area contributed by atoms with Crippen molar-refractivity contribution in [3.63, 3.8) is 0 Å². The molecule has 2 aromatic heterocycles. The Bertz CT molecular complexity index is 1270. The third-order valence-electron chi connectivity index (χ3n) is 4.86. The number of aromatic nitrogens is 2. The van der Waals surface area contributed by atoms with E-state index in [-0.39, 0.29) is 17.2 Å². The van der Waals surface area contributed by atoms with E-state index in [4.69, 9.17) is 10.1 Å². The number of carbonyl (C=O) groups is 1. The number of rotatable bonds is 6. The maximum atomic E-state index is 12.6. The van der Waals surface area contributed by atoms with E-state index in [9.17, 15) is 13.2 Å². The van der Waals surface area contributed by atoms with Gasteiger partial charge in [-0.2, -0.15) is 0 Å². The van der Waals surface area contributed by atoms with Crippen molar-refractivity contribution < 1.29 is 17.9 Å². The van der Waals surface area contributed by atoms with Crippen molar-refractivity contribution in [1.82, 2.24) is 9.97 Å². The van der Waals surface area contributed by atoms with E-state index < -0.39 is 21.0 Å². The molecule has 1 fully saturated rings. The van der Waals surface area contributed by atoms with Crippen LogP contribution in [0.2, 0.25) is 0 Å². The monoisotopic (exact) mass is 456 g/mol. The van der Waals surface area contributed by atoms with Crippen molar-refractivity contribution in [1.29, 1.82) is 5.41 Å². The first-order valence-electron chi connectivity index (χ1n) is 9.61. The molecule has 0 aliphatic carbocycles. The molecular formula is C21H20N4O4S2. The molecular weight excluding hydrogens is 436 g/mol. The summed E-state index contributed by atoms with van der Waals surface area (Å²) < 4.78 is 30.4. The number of amides is 1. The Hall–Kier alpha value is -2.95. The summed E-state index contributed by atoms with van der Waals surface area (Å²) in [4.78, 5) is 22.2. The van der Waals surface area contributed by atoms with Crippen LogP contribution in [0.1, 0.15) is 24.6 Å². The molecule has 10 heteroatoms. The summed E-state index contributed by atoms with van der Waals surface area (Å²) in [5.74, 6) is -0.632. The molecule has 1 aromatic carbocycles. The topological polar surface area (TPSA) is 122 Å². The van der Waals surface area contributed by atoms with Gasteiger partial charge in [0.2, 0.25) is 0 Å². The number of pyridine rings is 1. The lowest BCUT2D eigenvalue weighted by Gasteiger charge is -2.10. The number of ether oxygens (including phenoxy) is 1. The van der Waals surface area contributed by atoms with E-state index in [1.807, 2.05) is 31.2 Å². The van der Waals surface area contributed by atoms with Crippen molar-refractivity contribution in [2.45, 2.75) is 23.5 Å². The molecule has 2 N–H and O–H groups in total. The number of sulfone groups is 1. The van der Waals surface area contributed by atoms with Crippen LogP contribution >= 0.6 is 11.3 Å². The van der Waals surface area contributed by atoms with E-state index in [0.29, 0.717) is 34.1 Å². The van der Waals surface area contributed by atoms with Gasteiger partial charge in [0.1, 0.15) is 16.1 Å².